The van der Waals surface area contributed by atoms with E-state index in [1.54, 1.807) is 26.0 Å². The van der Waals surface area contributed by atoms with Gasteiger partial charge in [-0.2, -0.15) is 0 Å². The van der Waals surface area contributed by atoms with E-state index in [9.17, 15) is 19.2 Å². The number of benzene rings is 1. The SMILES string of the molecule is CC(C)C(OC(=O)CCC(=O)c1ccc(C(C)(C)C)cc1)C(=O)NC(N)=O. The number of imide groups is 1. The molecule has 7 nitrogen and oxygen atoms in total. The van der Waals surface area contributed by atoms with Gasteiger partial charge in [0.15, 0.2) is 11.9 Å². The van der Waals surface area contributed by atoms with Crippen LogP contribution in [-0.4, -0.2) is 29.8 Å². The second-order valence-corrected chi connectivity index (χ2v) is 7.76. The molecule has 3 N–H and O–H groups in total. The van der Waals surface area contributed by atoms with E-state index in [1.165, 1.54) is 0 Å². The van der Waals surface area contributed by atoms with Crippen molar-refractivity contribution in [3.8, 4) is 0 Å². The maximum Gasteiger partial charge on any atom is 0.318 e. The smallest absolute Gasteiger partial charge is 0.318 e. The third-order valence-corrected chi connectivity index (χ3v) is 4.00. The van der Waals surface area contributed by atoms with Crippen molar-refractivity contribution < 1.29 is 23.9 Å². The summed E-state index contributed by atoms with van der Waals surface area (Å²) >= 11 is 0. The van der Waals surface area contributed by atoms with E-state index in [-0.39, 0.29) is 30.0 Å². The minimum atomic E-state index is -1.15. The third kappa shape index (κ3) is 7.21. The van der Waals surface area contributed by atoms with Crippen LogP contribution in [0.3, 0.4) is 0 Å². The fraction of sp³-hybridized carbons (Fsp3) is 0.500. The van der Waals surface area contributed by atoms with Gasteiger partial charge < -0.3 is 10.5 Å². The van der Waals surface area contributed by atoms with E-state index in [0.717, 1.165) is 5.56 Å². The second kappa shape index (κ2) is 9.30. The first-order valence-corrected chi connectivity index (χ1v) is 8.85. The number of carbonyl (C=O) groups is 4. The van der Waals surface area contributed by atoms with Gasteiger partial charge in [0.25, 0.3) is 5.91 Å². The van der Waals surface area contributed by atoms with Crippen LogP contribution in [-0.2, 0) is 19.7 Å². The average molecular weight is 376 g/mol. The zero-order valence-electron chi connectivity index (χ0n) is 16.5. The Morgan fingerprint density at radius 1 is 1.04 bits per heavy atom. The van der Waals surface area contributed by atoms with E-state index in [1.807, 2.05) is 17.4 Å². The molecule has 0 aliphatic rings. The molecule has 0 fully saturated rings. The van der Waals surface area contributed by atoms with Gasteiger partial charge >= 0.3 is 12.0 Å². The molecule has 0 heterocycles. The fourth-order valence-corrected chi connectivity index (χ4v) is 2.40. The molecule has 0 aromatic heterocycles. The molecule has 1 atom stereocenters. The minimum absolute atomic E-state index is 0.0112. The molecule has 0 saturated heterocycles. The summed E-state index contributed by atoms with van der Waals surface area (Å²) in [5.74, 6) is -2.01. The van der Waals surface area contributed by atoms with Crippen LogP contribution in [0.15, 0.2) is 24.3 Å². The zero-order chi connectivity index (χ0) is 20.8. The number of ether oxygens (including phenoxy) is 1. The molecule has 0 radical (unpaired) electrons. The minimum Gasteiger partial charge on any atom is -0.452 e. The number of carbonyl (C=O) groups excluding carboxylic acids is 4. The van der Waals surface area contributed by atoms with E-state index in [0.29, 0.717) is 5.56 Å². The van der Waals surface area contributed by atoms with E-state index >= 15 is 0 Å². The van der Waals surface area contributed by atoms with Crippen LogP contribution >= 0.6 is 0 Å². The van der Waals surface area contributed by atoms with Gasteiger partial charge in [-0.3, -0.25) is 19.7 Å². The Hall–Kier alpha value is -2.70. The first-order valence-electron chi connectivity index (χ1n) is 8.85. The molecule has 148 valence electrons. The molecular formula is C20H28N2O5. The van der Waals surface area contributed by atoms with Crippen LogP contribution in [0, 0.1) is 5.92 Å². The number of hydrogen-bond acceptors (Lipinski definition) is 5. The first-order chi connectivity index (χ1) is 12.4. The maximum atomic E-state index is 12.3. The quantitative estimate of drug-likeness (QED) is 0.561. The highest BCUT2D eigenvalue weighted by Gasteiger charge is 2.27. The molecule has 1 unspecified atom stereocenters. The highest BCUT2D eigenvalue weighted by atomic mass is 16.5. The van der Waals surface area contributed by atoms with Crippen LogP contribution < -0.4 is 11.1 Å². The molecule has 0 saturated carbocycles. The lowest BCUT2D eigenvalue weighted by molar-refractivity contribution is -0.158. The average Bonchev–Trinajstić information content (AvgIpc) is 2.55. The second-order valence-electron chi connectivity index (χ2n) is 7.76. The van der Waals surface area contributed by atoms with Gasteiger partial charge in [0.05, 0.1) is 6.42 Å². The zero-order valence-corrected chi connectivity index (χ0v) is 16.5. The molecule has 0 aliphatic carbocycles. The molecule has 0 aliphatic heterocycles. The fourth-order valence-electron chi connectivity index (χ4n) is 2.40. The Bertz CT molecular complexity index is 702. The van der Waals surface area contributed by atoms with Gasteiger partial charge in [0, 0.05) is 12.0 Å². The first kappa shape index (κ1) is 22.3. The summed E-state index contributed by atoms with van der Waals surface area (Å²) in [6.45, 7) is 9.58. The largest absolute Gasteiger partial charge is 0.452 e. The van der Waals surface area contributed by atoms with Gasteiger partial charge in [-0.1, -0.05) is 58.9 Å². The van der Waals surface area contributed by atoms with E-state index in [2.05, 4.69) is 20.8 Å². The van der Waals surface area contributed by atoms with Gasteiger partial charge in [0.1, 0.15) is 0 Å². The van der Waals surface area contributed by atoms with Crippen molar-refractivity contribution in [3.63, 3.8) is 0 Å². The van der Waals surface area contributed by atoms with Crippen molar-refractivity contribution in [2.75, 3.05) is 0 Å². The lowest BCUT2D eigenvalue weighted by Crippen LogP contribution is -2.45. The lowest BCUT2D eigenvalue weighted by atomic mass is 9.86. The summed E-state index contributed by atoms with van der Waals surface area (Å²) in [7, 11) is 0. The van der Waals surface area contributed by atoms with Crippen molar-refractivity contribution in [1.82, 2.24) is 5.32 Å². The van der Waals surface area contributed by atoms with Crippen molar-refractivity contribution in [2.45, 2.75) is 59.0 Å². The molecule has 7 heteroatoms. The van der Waals surface area contributed by atoms with Crippen LogP contribution in [0.25, 0.3) is 0 Å². The summed E-state index contributed by atoms with van der Waals surface area (Å²) in [5.41, 5.74) is 6.52. The number of Topliss-reactive ketones (excluding diaryl/α,β-unsaturated/α-hetero) is 1. The summed E-state index contributed by atoms with van der Waals surface area (Å²) in [5, 5.41) is 1.89. The predicted molar refractivity (Wildman–Crippen MR) is 101 cm³/mol. The summed E-state index contributed by atoms with van der Waals surface area (Å²) in [6, 6.07) is 6.26. The molecule has 1 aromatic carbocycles. The van der Waals surface area contributed by atoms with Crippen LogP contribution in [0.5, 0.6) is 0 Å². The normalized spacial score (nSPS) is 12.4. The number of esters is 1. The third-order valence-electron chi connectivity index (χ3n) is 4.00. The van der Waals surface area contributed by atoms with Crippen LogP contribution in [0.1, 0.15) is 63.4 Å². The number of ketones is 1. The molecule has 27 heavy (non-hydrogen) atoms. The Kier molecular flexibility index (Phi) is 7.69. The monoisotopic (exact) mass is 376 g/mol. The number of rotatable bonds is 7. The van der Waals surface area contributed by atoms with Gasteiger partial charge in [-0.05, 0) is 16.9 Å². The summed E-state index contributed by atoms with van der Waals surface area (Å²) in [4.78, 5) is 46.9. The number of nitrogens with two attached hydrogens (primary N) is 1. The molecular weight excluding hydrogens is 348 g/mol. The highest BCUT2D eigenvalue weighted by molar-refractivity contribution is 5.98. The molecule has 0 bridgehead atoms. The standard InChI is InChI=1S/C20H28N2O5/c1-12(2)17(18(25)22-19(21)26)27-16(24)11-10-15(23)13-6-8-14(9-7-13)20(3,4)5/h6-9,12,17H,10-11H2,1-5H3,(H3,21,22,25,26). The van der Waals surface area contributed by atoms with Crippen molar-refractivity contribution >= 4 is 23.7 Å². The Morgan fingerprint density at radius 2 is 1.59 bits per heavy atom. The topological polar surface area (TPSA) is 116 Å². The molecule has 0 spiro atoms. The van der Waals surface area contributed by atoms with E-state index in [4.69, 9.17) is 10.5 Å². The van der Waals surface area contributed by atoms with Crippen molar-refractivity contribution in [1.29, 1.82) is 0 Å². The number of hydrogen-bond donors (Lipinski definition) is 2. The Balaban J connectivity index is 2.63. The Labute approximate surface area is 159 Å². The van der Waals surface area contributed by atoms with Crippen LogP contribution in [0.4, 0.5) is 4.79 Å². The highest BCUT2D eigenvalue weighted by Crippen LogP contribution is 2.22. The molecule has 1 aromatic rings. The van der Waals surface area contributed by atoms with Crippen molar-refractivity contribution in [3.05, 3.63) is 35.4 Å². The van der Waals surface area contributed by atoms with E-state index < -0.39 is 24.0 Å². The van der Waals surface area contributed by atoms with Gasteiger partial charge in [-0.25, -0.2) is 4.79 Å². The maximum absolute atomic E-state index is 12.3. The molecule has 1 rings (SSSR count). The predicted octanol–water partition coefficient (Wildman–Crippen LogP) is 2.71. The summed E-state index contributed by atoms with van der Waals surface area (Å²) in [6.07, 6.45) is -1.34. The number of nitrogens with one attached hydrogen (secondary N) is 1. The van der Waals surface area contributed by atoms with Crippen molar-refractivity contribution in [2.24, 2.45) is 11.7 Å². The van der Waals surface area contributed by atoms with Gasteiger partial charge in [-0.15, -0.1) is 0 Å². The lowest BCUT2D eigenvalue weighted by Gasteiger charge is -2.20. The number of urea groups is 1. The summed E-state index contributed by atoms with van der Waals surface area (Å²) < 4.78 is 5.11. The van der Waals surface area contributed by atoms with Crippen LogP contribution in [0.2, 0.25) is 0 Å². The Morgan fingerprint density at radius 3 is 2.04 bits per heavy atom. The molecule has 3 amide bonds. The van der Waals surface area contributed by atoms with Gasteiger partial charge in [0.2, 0.25) is 0 Å². The number of amides is 3. The number of primary amides is 1.